The van der Waals surface area contributed by atoms with Crippen LogP contribution in [-0.2, 0) is 11.2 Å². The molecule has 1 unspecified atom stereocenters. The predicted octanol–water partition coefficient (Wildman–Crippen LogP) is 4.81. The summed E-state index contributed by atoms with van der Waals surface area (Å²) in [6, 6.07) is 8.75. The third kappa shape index (κ3) is 9.28. The van der Waals surface area contributed by atoms with E-state index < -0.39 is 0 Å². The Morgan fingerprint density at radius 2 is 1.90 bits per heavy atom. The fourth-order valence-corrected chi connectivity index (χ4v) is 2.83. The molecule has 1 N–H and O–H groups in total. The Bertz CT molecular complexity index is 341. The van der Waals surface area contributed by atoms with Crippen molar-refractivity contribution in [2.75, 3.05) is 26.8 Å². The van der Waals surface area contributed by atoms with Crippen molar-refractivity contribution in [3.05, 3.63) is 34.3 Å². The largest absolute Gasteiger partial charge is 0.383 e. The minimum atomic E-state index is 0.722. The number of unbranched alkanes of at least 4 members (excludes halogenated alkanes) is 3. The molecule has 0 aliphatic rings. The Balaban J connectivity index is 2.39. The van der Waals surface area contributed by atoms with E-state index in [2.05, 4.69) is 52.4 Å². The van der Waals surface area contributed by atoms with Gasteiger partial charge in [0.25, 0.3) is 0 Å². The molecule has 0 aliphatic carbocycles. The monoisotopic (exact) mass is 355 g/mol. The maximum Gasteiger partial charge on any atom is 0.0587 e. The van der Waals surface area contributed by atoms with Gasteiger partial charge in [-0.2, -0.15) is 0 Å². The summed E-state index contributed by atoms with van der Waals surface area (Å²) >= 11 is 3.50. The highest BCUT2D eigenvalue weighted by molar-refractivity contribution is 9.10. The van der Waals surface area contributed by atoms with Crippen molar-refractivity contribution in [3.63, 3.8) is 0 Å². The highest BCUT2D eigenvalue weighted by Gasteiger charge is 2.09. The van der Waals surface area contributed by atoms with Gasteiger partial charge in [0.05, 0.1) is 6.61 Å². The molecule has 0 aliphatic heterocycles. The average molecular weight is 356 g/mol. The minimum Gasteiger partial charge on any atom is -0.383 e. The third-order valence-electron chi connectivity index (χ3n) is 3.82. The van der Waals surface area contributed by atoms with E-state index in [1.165, 1.54) is 44.1 Å². The van der Waals surface area contributed by atoms with Crippen molar-refractivity contribution < 1.29 is 4.74 Å². The Morgan fingerprint density at radius 1 is 1.14 bits per heavy atom. The molecule has 21 heavy (non-hydrogen) atoms. The molecular formula is C18H30BrNO. The SMILES string of the molecule is CCCCCCC(CNCCOC)Cc1ccc(Br)cc1. The van der Waals surface area contributed by atoms with E-state index in [4.69, 9.17) is 4.74 Å². The summed E-state index contributed by atoms with van der Waals surface area (Å²) in [6.07, 6.45) is 7.87. The van der Waals surface area contributed by atoms with Gasteiger partial charge in [0, 0.05) is 18.1 Å². The smallest absolute Gasteiger partial charge is 0.0587 e. The number of halogens is 1. The predicted molar refractivity (Wildman–Crippen MR) is 94.8 cm³/mol. The quantitative estimate of drug-likeness (QED) is 0.543. The molecule has 1 rings (SSSR count). The molecule has 1 atom stereocenters. The Hall–Kier alpha value is -0.380. The van der Waals surface area contributed by atoms with Crippen LogP contribution in [0.25, 0.3) is 0 Å². The third-order valence-corrected chi connectivity index (χ3v) is 4.35. The fourth-order valence-electron chi connectivity index (χ4n) is 2.57. The van der Waals surface area contributed by atoms with Crippen molar-refractivity contribution in [1.82, 2.24) is 5.32 Å². The number of benzene rings is 1. The standard InChI is InChI=1S/C18H30BrNO/c1-3-4-5-6-7-17(15-20-12-13-21-2)14-16-8-10-18(19)11-9-16/h8-11,17,20H,3-7,12-15H2,1-2H3. The van der Waals surface area contributed by atoms with Crippen LogP contribution in [0.15, 0.2) is 28.7 Å². The molecule has 1 aromatic rings. The second kappa shape index (κ2) is 12.2. The van der Waals surface area contributed by atoms with Crippen molar-refractivity contribution in [3.8, 4) is 0 Å². The van der Waals surface area contributed by atoms with Crippen molar-refractivity contribution in [2.45, 2.75) is 45.4 Å². The molecule has 1 aromatic carbocycles. The maximum absolute atomic E-state index is 5.10. The lowest BCUT2D eigenvalue weighted by Crippen LogP contribution is -2.27. The maximum atomic E-state index is 5.10. The van der Waals surface area contributed by atoms with Gasteiger partial charge >= 0.3 is 0 Å². The topological polar surface area (TPSA) is 21.3 Å². The van der Waals surface area contributed by atoms with E-state index in [0.717, 1.165) is 30.1 Å². The lowest BCUT2D eigenvalue weighted by atomic mass is 9.93. The number of hydrogen-bond donors (Lipinski definition) is 1. The highest BCUT2D eigenvalue weighted by atomic mass is 79.9. The first-order valence-corrected chi connectivity index (χ1v) is 8.99. The van der Waals surface area contributed by atoms with Crippen LogP contribution in [-0.4, -0.2) is 26.8 Å². The lowest BCUT2D eigenvalue weighted by molar-refractivity contribution is 0.197. The summed E-state index contributed by atoms with van der Waals surface area (Å²) in [7, 11) is 1.76. The number of hydrogen-bond acceptors (Lipinski definition) is 2. The van der Waals surface area contributed by atoms with Gasteiger partial charge in [-0.1, -0.05) is 60.7 Å². The average Bonchev–Trinajstić information content (AvgIpc) is 2.50. The summed E-state index contributed by atoms with van der Waals surface area (Å²) in [6.45, 7) is 5.10. The number of rotatable bonds is 12. The highest BCUT2D eigenvalue weighted by Crippen LogP contribution is 2.18. The zero-order valence-electron chi connectivity index (χ0n) is 13.5. The van der Waals surface area contributed by atoms with Crippen LogP contribution in [0.1, 0.15) is 44.6 Å². The van der Waals surface area contributed by atoms with Gasteiger partial charge in [-0.05, 0) is 43.0 Å². The first kappa shape index (κ1) is 18.7. The van der Waals surface area contributed by atoms with Gasteiger partial charge in [-0.25, -0.2) is 0 Å². The summed E-state index contributed by atoms with van der Waals surface area (Å²) in [5, 5.41) is 3.52. The van der Waals surface area contributed by atoms with Gasteiger partial charge in [-0.3, -0.25) is 0 Å². The minimum absolute atomic E-state index is 0.722. The molecule has 0 aromatic heterocycles. The Morgan fingerprint density at radius 3 is 2.57 bits per heavy atom. The summed E-state index contributed by atoms with van der Waals surface area (Å²) < 4.78 is 6.26. The molecule has 0 saturated carbocycles. The van der Waals surface area contributed by atoms with E-state index in [1.54, 1.807) is 7.11 Å². The molecule has 0 fully saturated rings. The summed E-state index contributed by atoms with van der Waals surface area (Å²) in [5.41, 5.74) is 1.44. The van der Waals surface area contributed by atoms with E-state index in [1.807, 2.05) is 0 Å². The summed E-state index contributed by atoms with van der Waals surface area (Å²) in [5.74, 6) is 0.722. The van der Waals surface area contributed by atoms with Crippen molar-refractivity contribution >= 4 is 15.9 Å². The van der Waals surface area contributed by atoms with Crippen LogP contribution in [0.4, 0.5) is 0 Å². The Labute approximate surface area is 138 Å². The summed E-state index contributed by atoms with van der Waals surface area (Å²) in [4.78, 5) is 0. The molecule has 2 nitrogen and oxygen atoms in total. The van der Waals surface area contributed by atoms with Crippen LogP contribution >= 0.6 is 15.9 Å². The second-order valence-corrected chi connectivity index (χ2v) is 6.66. The molecule has 3 heteroatoms. The zero-order valence-corrected chi connectivity index (χ0v) is 15.1. The second-order valence-electron chi connectivity index (χ2n) is 5.74. The van der Waals surface area contributed by atoms with Crippen molar-refractivity contribution in [1.29, 1.82) is 0 Å². The number of ether oxygens (including phenoxy) is 1. The molecule has 0 amide bonds. The van der Waals surface area contributed by atoms with Crippen LogP contribution < -0.4 is 5.32 Å². The number of methoxy groups -OCH3 is 1. The van der Waals surface area contributed by atoms with Gasteiger partial charge < -0.3 is 10.1 Å². The molecule has 120 valence electrons. The van der Waals surface area contributed by atoms with E-state index in [-0.39, 0.29) is 0 Å². The molecular weight excluding hydrogens is 326 g/mol. The van der Waals surface area contributed by atoms with Gasteiger partial charge in [0.15, 0.2) is 0 Å². The van der Waals surface area contributed by atoms with Crippen LogP contribution in [0, 0.1) is 5.92 Å². The molecule has 0 heterocycles. The molecule has 0 saturated heterocycles. The van der Waals surface area contributed by atoms with E-state index in [0.29, 0.717) is 0 Å². The van der Waals surface area contributed by atoms with Gasteiger partial charge in [-0.15, -0.1) is 0 Å². The lowest BCUT2D eigenvalue weighted by Gasteiger charge is -2.18. The van der Waals surface area contributed by atoms with Gasteiger partial charge in [0.2, 0.25) is 0 Å². The van der Waals surface area contributed by atoms with Gasteiger partial charge in [0.1, 0.15) is 0 Å². The Kier molecular flexibility index (Phi) is 10.8. The van der Waals surface area contributed by atoms with Crippen molar-refractivity contribution in [2.24, 2.45) is 5.92 Å². The first-order valence-electron chi connectivity index (χ1n) is 8.20. The molecule has 0 spiro atoms. The fraction of sp³-hybridized carbons (Fsp3) is 0.667. The normalized spacial score (nSPS) is 12.5. The van der Waals surface area contributed by atoms with Crippen LogP contribution in [0.5, 0.6) is 0 Å². The van der Waals surface area contributed by atoms with Crippen LogP contribution in [0.3, 0.4) is 0 Å². The number of nitrogens with one attached hydrogen (secondary N) is 1. The van der Waals surface area contributed by atoms with E-state index >= 15 is 0 Å². The molecule has 0 bridgehead atoms. The zero-order chi connectivity index (χ0) is 15.3. The molecule has 0 radical (unpaired) electrons. The van der Waals surface area contributed by atoms with E-state index in [9.17, 15) is 0 Å². The van der Waals surface area contributed by atoms with Crippen LogP contribution in [0.2, 0.25) is 0 Å². The first-order chi connectivity index (χ1) is 10.3.